The summed E-state index contributed by atoms with van der Waals surface area (Å²) in [6.45, 7) is 10.9. The molecule has 2 aliphatic rings. The molecule has 14 heavy (non-hydrogen) atoms. The van der Waals surface area contributed by atoms with Crippen LogP contribution >= 0.6 is 0 Å². The Balaban J connectivity index is 1.94. The molecule has 0 aromatic carbocycles. The van der Waals surface area contributed by atoms with Crippen molar-refractivity contribution in [2.75, 3.05) is 19.6 Å². The third kappa shape index (κ3) is 1.70. The Kier molecular flexibility index (Phi) is 2.85. The first-order valence-electron chi connectivity index (χ1n) is 6.11. The van der Waals surface area contributed by atoms with Crippen LogP contribution in [-0.2, 0) is 0 Å². The van der Waals surface area contributed by atoms with Crippen LogP contribution in [0.4, 0.5) is 0 Å². The van der Waals surface area contributed by atoms with E-state index in [9.17, 15) is 0 Å². The Morgan fingerprint density at radius 2 is 1.86 bits per heavy atom. The third-order valence-corrected chi connectivity index (χ3v) is 4.52. The van der Waals surface area contributed by atoms with Crippen LogP contribution in [0.5, 0.6) is 0 Å². The molecular weight excluding hydrogens is 172 g/mol. The largest absolute Gasteiger partial charge is 0.314 e. The molecule has 2 nitrogen and oxygen atoms in total. The van der Waals surface area contributed by atoms with Gasteiger partial charge < -0.3 is 10.2 Å². The predicted molar refractivity (Wildman–Crippen MR) is 60.5 cm³/mol. The van der Waals surface area contributed by atoms with Crippen LogP contribution in [0.25, 0.3) is 0 Å². The second-order valence-electron chi connectivity index (χ2n) is 5.42. The molecule has 2 aliphatic heterocycles. The first-order valence-corrected chi connectivity index (χ1v) is 6.11. The molecule has 2 rings (SSSR count). The van der Waals surface area contributed by atoms with Gasteiger partial charge in [-0.2, -0.15) is 0 Å². The molecule has 1 N–H and O–H groups in total. The Bertz CT molecular complexity index is 192. The van der Waals surface area contributed by atoms with Crippen molar-refractivity contribution in [1.29, 1.82) is 0 Å². The van der Waals surface area contributed by atoms with Gasteiger partial charge in [0.05, 0.1) is 0 Å². The van der Waals surface area contributed by atoms with Crippen LogP contribution < -0.4 is 5.32 Å². The minimum absolute atomic E-state index is 0.644. The standard InChI is InChI=1S/C12H24N2/c1-10(2)14-8-5-12(6-9-14)4-7-13-11(12)3/h10-11,13H,4-9H2,1-3H3/t11-/m0/s1. The zero-order chi connectivity index (χ0) is 10.2. The van der Waals surface area contributed by atoms with Crippen molar-refractivity contribution in [1.82, 2.24) is 10.2 Å². The lowest BCUT2D eigenvalue weighted by atomic mass is 9.73. The van der Waals surface area contributed by atoms with Crippen molar-refractivity contribution in [3.8, 4) is 0 Å². The van der Waals surface area contributed by atoms with Gasteiger partial charge in [0.15, 0.2) is 0 Å². The molecule has 1 spiro atoms. The van der Waals surface area contributed by atoms with Gasteiger partial charge in [-0.25, -0.2) is 0 Å². The van der Waals surface area contributed by atoms with Gasteiger partial charge in [-0.1, -0.05) is 0 Å². The summed E-state index contributed by atoms with van der Waals surface area (Å²) in [4.78, 5) is 2.62. The number of rotatable bonds is 1. The maximum atomic E-state index is 3.61. The van der Waals surface area contributed by atoms with E-state index in [2.05, 4.69) is 31.0 Å². The number of hydrogen-bond donors (Lipinski definition) is 1. The van der Waals surface area contributed by atoms with Gasteiger partial charge in [0.25, 0.3) is 0 Å². The van der Waals surface area contributed by atoms with Crippen LogP contribution in [0.2, 0.25) is 0 Å². The highest BCUT2D eigenvalue weighted by Gasteiger charge is 2.42. The quantitative estimate of drug-likeness (QED) is 0.688. The number of likely N-dealkylation sites (tertiary alicyclic amines) is 1. The van der Waals surface area contributed by atoms with Crippen molar-refractivity contribution in [3.05, 3.63) is 0 Å². The smallest absolute Gasteiger partial charge is 0.00966 e. The van der Waals surface area contributed by atoms with Crippen molar-refractivity contribution >= 4 is 0 Å². The molecule has 2 heteroatoms. The van der Waals surface area contributed by atoms with Gasteiger partial charge in [-0.05, 0) is 65.1 Å². The summed E-state index contributed by atoms with van der Waals surface area (Å²) in [7, 11) is 0. The van der Waals surface area contributed by atoms with Gasteiger partial charge >= 0.3 is 0 Å². The highest BCUT2D eigenvalue weighted by molar-refractivity contribution is 4.98. The van der Waals surface area contributed by atoms with Gasteiger partial charge in [0, 0.05) is 12.1 Å². The van der Waals surface area contributed by atoms with Gasteiger partial charge in [-0.3, -0.25) is 0 Å². The Hall–Kier alpha value is -0.0800. The van der Waals surface area contributed by atoms with Crippen LogP contribution in [0, 0.1) is 5.41 Å². The summed E-state index contributed by atoms with van der Waals surface area (Å²) in [5.41, 5.74) is 0.644. The molecule has 0 unspecified atom stereocenters. The minimum Gasteiger partial charge on any atom is -0.314 e. The molecule has 1 atom stereocenters. The van der Waals surface area contributed by atoms with Crippen molar-refractivity contribution in [2.24, 2.45) is 5.41 Å². The molecular formula is C12H24N2. The SMILES string of the molecule is CC(C)N1CCC2(CCN[C@H]2C)CC1. The molecule has 0 radical (unpaired) electrons. The molecule has 2 heterocycles. The van der Waals surface area contributed by atoms with Crippen LogP contribution in [-0.4, -0.2) is 36.6 Å². The number of nitrogens with one attached hydrogen (secondary N) is 1. The van der Waals surface area contributed by atoms with E-state index in [-0.39, 0.29) is 0 Å². The summed E-state index contributed by atoms with van der Waals surface area (Å²) in [6, 6.07) is 1.48. The molecule has 0 bridgehead atoms. The zero-order valence-corrected chi connectivity index (χ0v) is 9.84. The molecule has 0 aliphatic carbocycles. The Labute approximate surface area is 88.1 Å². The second kappa shape index (κ2) is 3.82. The number of piperidine rings is 1. The first kappa shape index (κ1) is 10.4. The maximum Gasteiger partial charge on any atom is 0.00966 e. The lowest BCUT2D eigenvalue weighted by Crippen LogP contribution is -2.47. The third-order valence-electron chi connectivity index (χ3n) is 4.52. The molecule has 0 aromatic heterocycles. The van der Waals surface area contributed by atoms with Gasteiger partial charge in [0.2, 0.25) is 0 Å². The molecule has 2 saturated heterocycles. The highest BCUT2D eigenvalue weighted by atomic mass is 15.2. The van der Waals surface area contributed by atoms with Crippen LogP contribution in [0.3, 0.4) is 0 Å². The van der Waals surface area contributed by atoms with Crippen LogP contribution in [0.15, 0.2) is 0 Å². The van der Waals surface area contributed by atoms with Gasteiger partial charge in [-0.15, -0.1) is 0 Å². The van der Waals surface area contributed by atoms with Crippen LogP contribution in [0.1, 0.15) is 40.0 Å². The number of hydrogen-bond acceptors (Lipinski definition) is 2. The molecule has 0 saturated carbocycles. The van der Waals surface area contributed by atoms with Crippen molar-refractivity contribution in [3.63, 3.8) is 0 Å². The fourth-order valence-corrected chi connectivity index (χ4v) is 3.14. The lowest BCUT2D eigenvalue weighted by molar-refractivity contribution is 0.0766. The molecule has 0 amide bonds. The van der Waals surface area contributed by atoms with Crippen molar-refractivity contribution < 1.29 is 0 Å². The molecule has 2 fully saturated rings. The summed E-state index contributed by atoms with van der Waals surface area (Å²) in [5, 5.41) is 3.61. The maximum absolute atomic E-state index is 3.61. The summed E-state index contributed by atoms with van der Waals surface area (Å²) in [5.74, 6) is 0. The monoisotopic (exact) mass is 196 g/mol. The zero-order valence-electron chi connectivity index (χ0n) is 9.84. The minimum atomic E-state index is 0.644. The summed E-state index contributed by atoms with van der Waals surface area (Å²) >= 11 is 0. The topological polar surface area (TPSA) is 15.3 Å². The first-order chi connectivity index (χ1) is 6.64. The summed E-state index contributed by atoms with van der Waals surface area (Å²) < 4.78 is 0. The van der Waals surface area contributed by atoms with E-state index in [1.54, 1.807) is 0 Å². The fourth-order valence-electron chi connectivity index (χ4n) is 3.14. The normalized spacial score (nSPS) is 33.0. The van der Waals surface area contributed by atoms with E-state index in [4.69, 9.17) is 0 Å². The van der Waals surface area contributed by atoms with Gasteiger partial charge in [0.1, 0.15) is 0 Å². The average Bonchev–Trinajstić information content (AvgIpc) is 2.49. The fraction of sp³-hybridized carbons (Fsp3) is 1.00. The molecule has 0 aromatic rings. The Morgan fingerprint density at radius 1 is 1.21 bits per heavy atom. The highest BCUT2D eigenvalue weighted by Crippen LogP contribution is 2.41. The number of nitrogens with zero attached hydrogens (tertiary/aromatic N) is 1. The molecule has 82 valence electrons. The second-order valence-corrected chi connectivity index (χ2v) is 5.42. The van der Waals surface area contributed by atoms with E-state index in [1.165, 1.54) is 38.9 Å². The summed E-state index contributed by atoms with van der Waals surface area (Å²) in [6.07, 6.45) is 4.21. The average molecular weight is 196 g/mol. The van der Waals surface area contributed by atoms with E-state index < -0.39 is 0 Å². The van der Waals surface area contributed by atoms with E-state index >= 15 is 0 Å². The Morgan fingerprint density at radius 3 is 2.29 bits per heavy atom. The predicted octanol–water partition coefficient (Wildman–Crippen LogP) is 1.86. The van der Waals surface area contributed by atoms with E-state index in [1.807, 2.05) is 0 Å². The lowest BCUT2D eigenvalue weighted by Gasteiger charge is -2.43. The van der Waals surface area contributed by atoms with E-state index in [0.717, 1.165) is 12.1 Å². The van der Waals surface area contributed by atoms with Crippen molar-refractivity contribution in [2.45, 2.75) is 52.1 Å². The van der Waals surface area contributed by atoms with E-state index in [0.29, 0.717) is 5.41 Å².